The van der Waals surface area contributed by atoms with E-state index in [1.807, 2.05) is 53.1 Å². The van der Waals surface area contributed by atoms with Gasteiger partial charge in [-0.25, -0.2) is 0 Å². The van der Waals surface area contributed by atoms with E-state index < -0.39 is 0 Å². The summed E-state index contributed by atoms with van der Waals surface area (Å²) in [5.74, 6) is 0.472. The number of hydrogen-bond acceptors (Lipinski definition) is 4. The molecule has 3 aromatic rings. The van der Waals surface area contributed by atoms with E-state index in [4.69, 9.17) is 0 Å². The van der Waals surface area contributed by atoms with E-state index in [1.54, 1.807) is 6.33 Å². The summed E-state index contributed by atoms with van der Waals surface area (Å²) >= 11 is 0. The Balaban J connectivity index is 1.39. The van der Waals surface area contributed by atoms with Crippen LogP contribution in [0.25, 0.3) is 0 Å². The first-order valence-corrected chi connectivity index (χ1v) is 8.80. The molecule has 1 fully saturated rings. The van der Waals surface area contributed by atoms with Gasteiger partial charge in [-0.2, -0.15) is 0 Å². The van der Waals surface area contributed by atoms with E-state index in [0.29, 0.717) is 12.5 Å². The third-order valence-electron chi connectivity index (χ3n) is 4.71. The van der Waals surface area contributed by atoms with Crippen LogP contribution < -0.4 is 5.32 Å². The fourth-order valence-electron chi connectivity index (χ4n) is 3.19. The van der Waals surface area contributed by atoms with Crippen molar-refractivity contribution in [3.05, 3.63) is 78.1 Å². The minimum Gasteiger partial charge on any atom is -0.295 e. The van der Waals surface area contributed by atoms with Crippen LogP contribution in [0.2, 0.25) is 0 Å². The van der Waals surface area contributed by atoms with Crippen molar-refractivity contribution in [1.82, 2.24) is 19.7 Å². The number of carbonyl (C=O) groups is 1. The van der Waals surface area contributed by atoms with Crippen LogP contribution in [-0.4, -0.2) is 38.2 Å². The molecule has 1 aromatic heterocycles. The fraction of sp³-hybridized carbons (Fsp3) is 0.250. The van der Waals surface area contributed by atoms with Gasteiger partial charge in [-0.05, 0) is 17.5 Å². The third kappa shape index (κ3) is 3.65. The zero-order valence-electron chi connectivity index (χ0n) is 14.5. The summed E-state index contributed by atoms with van der Waals surface area (Å²) in [7, 11) is 0. The molecule has 0 bridgehead atoms. The summed E-state index contributed by atoms with van der Waals surface area (Å²) in [5.41, 5.74) is 2.36. The van der Waals surface area contributed by atoms with Crippen molar-refractivity contribution in [2.75, 3.05) is 11.9 Å². The highest BCUT2D eigenvalue weighted by molar-refractivity contribution is 5.94. The molecule has 2 heterocycles. The standard InChI is InChI=1S/C20H21N5O/c26-19(18-11-12-24(18)13-16-7-3-1-4-8-16)22-20-23-21-15-25(20)14-17-9-5-2-6-10-17/h1-10,15,18H,11-14H2,(H,22,23,26)/t18-/m0/s1. The lowest BCUT2D eigenvalue weighted by atomic mass is 10.0. The number of rotatable bonds is 6. The van der Waals surface area contributed by atoms with Gasteiger partial charge in [0.25, 0.3) is 0 Å². The van der Waals surface area contributed by atoms with E-state index in [0.717, 1.165) is 25.1 Å². The molecule has 26 heavy (non-hydrogen) atoms. The van der Waals surface area contributed by atoms with E-state index in [-0.39, 0.29) is 11.9 Å². The first-order valence-electron chi connectivity index (χ1n) is 8.80. The molecule has 0 spiro atoms. The average molecular weight is 347 g/mol. The molecule has 132 valence electrons. The number of likely N-dealkylation sites (tertiary alicyclic amines) is 1. The van der Waals surface area contributed by atoms with Crippen LogP contribution in [0.5, 0.6) is 0 Å². The number of aromatic nitrogens is 3. The number of benzene rings is 2. The number of amides is 1. The predicted octanol–water partition coefficient (Wildman–Crippen LogP) is 2.54. The molecule has 1 aliphatic heterocycles. The molecule has 0 radical (unpaired) electrons. The summed E-state index contributed by atoms with van der Waals surface area (Å²) in [4.78, 5) is 14.8. The molecule has 0 saturated carbocycles. The Labute approximate surface area is 152 Å². The van der Waals surface area contributed by atoms with E-state index in [1.165, 1.54) is 5.56 Å². The molecule has 6 heteroatoms. The fourth-order valence-corrected chi connectivity index (χ4v) is 3.19. The van der Waals surface area contributed by atoms with Gasteiger partial charge < -0.3 is 0 Å². The number of nitrogens with one attached hydrogen (secondary N) is 1. The lowest BCUT2D eigenvalue weighted by molar-refractivity contribution is -0.125. The largest absolute Gasteiger partial charge is 0.295 e. The molecule has 1 atom stereocenters. The second-order valence-corrected chi connectivity index (χ2v) is 6.52. The Bertz CT molecular complexity index is 862. The Kier molecular flexibility index (Phi) is 4.75. The number of carbonyl (C=O) groups excluding carboxylic acids is 1. The summed E-state index contributed by atoms with van der Waals surface area (Å²) in [6.07, 6.45) is 2.51. The quantitative estimate of drug-likeness (QED) is 0.744. The van der Waals surface area contributed by atoms with E-state index in [2.05, 4.69) is 32.5 Å². The maximum atomic E-state index is 12.7. The summed E-state index contributed by atoms with van der Waals surface area (Å²) in [6, 6.07) is 20.2. The van der Waals surface area contributed by atoms with Crippen LogP contribution in [0.3, 0.4) is 0 Å². The molecule has 1 N–H and O–H groups in total. The second-order valence-electron chi connectivity index (χ2n) is 6.52. The normalized spacial score (nSPS) is 16.8. The zero-order valence-corrected chi connectivity index (χ0v) is 14.5. The molecule has 1 saturated heterocycles. The Hall–Kier alpha value is -2.99. The van der Waals surface area contributed by atoms with Gasteiger partial charge in [-0.1, -0.05) is 60.7 Å². The number of nitrogens with zero attached hydrogens (tertiary/aromatic N) is 4. The van der Waals surface area contributed by atoms with Gasteiger partial charge in [0.1, 0.15) is 6.33 Å². The molecule has 4 rings (SSSR count). The van der Waals surface area contributed by atoms with Crippen molar-refractivity contribution in [1.29, 1.82) is 0 Å². The Morgan fingerprint density at radius 1 is 1.00 bits per heavy atom. The van der Waals surface area contributed by atoms with Gasteiger partial charge in [0.2, 0.25) is 11.9 Å². The predicted molar refractivity (Wildman–Crippen MR) is 99.5 cm³/mol. The summed E-state index contributed by atoms with van der Waals surface area (Å²) in [6.45, 7) is 2.35. The van der Waals surface area contributed by atoms with Gasteiger partial charge in [0.15, 0.2) is 0 Å². The summed E-state index contributed by atoms with van der Waals surface area (Å²) in [5, 5.41) is 10.9. The first-order chi connectivity index (χ1) is 12.8. The lowest BCUT2D eigenvalue weighted by Gasteiger charge is -2.39. The molecular formula is C20H21N5O. The SMILES string of the molecule is O=C(Nc1nncn1Cc1ccccc1)[C@@H]1CCN1Cc1ccccc1. The molecule has 1 amide bonds. The molecule has 6 nitrogen and oxygen atoms in total. The minimum atomic E-state index is -0.114. The minimum absolute atomic E-state index is 0.0190. The lowest BCUT2D eigenvalue weighted by Crippen LogP contribution is -2.53. The van der Waals surface area contributed by atoms with Crippen LogP contribution in [0.4, 0.5) is 5.95 Å². The average Bonchev–Trinajstić information content (AvgIpc) is 3.07. The molecular weight excluding hydrogens is 326 g/mol. The number of hydrogen-bond donors (Lipinski definition) is 1. The summed E-state index contributed by atoms with van der Waals surface area (Å²) < 4.78 is 1.85. The van der Waals surface area contributed by atoms with Gasteiger partial charge >= 0.3 is 0 Å². The van der Waals surface area contributed by atoms with Crippen molar-refractivity contribution in [3.8, 4) is 0 Å². The monoisotopic (exact) mass is 347 g/mol. The molecule has 0 aliphatic carbocycles. The third-order valence-corrected chi connectivity index (χ3v) is 4.71. The molecule has 0 unspecified atom stereocenters. The highest BCUT2D eigenvalue weighted by atomic mass is 16.2. The van der Waals surface area contributed by atoms with E-state index >= 15 is 0 Å². The Morgan fingerprint density at radius 3 is 2.27 bits per heavy atom. The Morgan fingerprint density at radius 2 is 1.65 bits per heavy atom. The van der Waals surface area contributed by atoms with Crippen LogP contribution in [0.15, 0.2) is 67.0 Å². The smallest absolute Gasteiger partial charge is 0.244 e. The first kappa shape index (κ1) is 16.5. The number of anilines is 1. The van der Waals surface area contributed by atoms with Gasteiger partial charge in [-0.15, -0.1) is 10.2 Å². The van der Waals surface area contributed by atoms with Crippen molar-refractivity contribution in [2.24, 2.45) is 0 Å². The van der Waals surface area contributed by atoms with Crippen LogP contribution in [0.1, 0.15) is 17.5 Å². The van der Waals surface area contributed by atoms with Crippen LogP contribution in [0, 0.1) is 0 Å². The van der Waals surface area contributed by atoms with Crippen molar-refractivity contribution < 1.29 is 4.79 Å². The topological polar surface area (TPSA) is 63.1 Å². The van der Waals surface area contributed by atoms with Gasteiger partial charge in [-0.3, -0.25) is 19.6 Å². The van der Waals surface area contributed by atoms with E-state index in [9.17, 15) is 4.79 Å². The molecule has 2 aromatic carbocycles. The molecule has 1 aliphatic rings. The maximum absolute atomic E-state index is 12.7. The highest BCUT2D eigenvalue weighted by Gasteiger charge is 2.34. The van der Waals surface area contributed by atoms with Gasteiger partial charge in [0.05, 0.1) is 12.6 Å². The van der Waals surface area contributed by atoms with Crippen molar-refractivity contribution in [3.63, 3.8) is 0 Å². The van der Waals surface area contributed by atoms with Gasteiger partial charge in [0, 0.05) is 13.1 Å². The zero-order chi connectivity index (χ0) is 17.8. The second kappa shape index (κ2) is 7.49. The van der Waals surface area contributed by atoms with Crippen molar-refractivity contribution in [2.45, 2.75) is 25.6 Å². The maximum Gasteiger partial charge on any atom is 0.244 e. The highest BCUT2D eigenvalue weighted by Crippen LogP contribution is 2.22. The van der Waals surface area contributed by atoms with Crippen LogP contribution in [-0.2, 0) is 17.9 Å². The van der Waals surface area contributed by atoms with Crippen LogP contribution >= 0.6 is 0 Å². The van der Waals surface area contributed by atoms with Crippen molar-refractivity contribution >= 4 is 11.9 Å².